The van der Waals surface area contributed by atoms with E-state index in [0.29, 0.717) is 6.42 Å². The second kappa shape index (κ2) is 6.87. The zero-order valence-corrected chi connectivity index (χ0v) is 17.0. The van der Waals surface area contributed by atoms with Gasteiger partial charge in [0.05, 0.1) is 5.69 Å². The fourth-order valence-electron chi connectivity index (χ4n) is 4.68. The van der Waals surface area contributed by atoms with Gasteiger partial charge >= 0.3 is 0 Å². The Morgan fingerprint density at radius 1 is 1.07 bits per heavy atom. The Hall–Kier alpha value is -2.88. The summed E-state index contributed by atoms with van der Waals surface area (Å²) in [4.78, 5) is 26.2. The number of ketones is 1. The Bertz CT molecular complexity index is 1080. The Balaban J connectivity index is 1.50. The minimum atomic E-state index is 0.168. The maximum atomic E-state index is 12.2. The molecular weight excluding hydrogens is 358 g/mol. The van der Waals surface area contributed by atoms with Gasteiger partial charge in [0.1, 0.15) is 5.82 Å². The minimum Gasteiger partial charge on any atom is -0.294 e. The summed E-state index contributed by atoms with van der Waals surface area (Å²) >= 11 is 0. The van der Waals surface area contributed by atoms with Crippen LogP contribution in [0.3, 0.4) is 0 Å². The van der Waals surface area contributed by atoms with Crippen molar-refractivity contribution in [3.05, 3.63) is 77.0 Å². The van der Waals surface area contributed by atoms with Crippen molar-refractivity contribution in [3.63, 3.8) is 0 Å². The second-order valence-electron chi connectivity index (χ2n) is 8.35. The molecule has 1 unspecified atom stereocenters. The average molecular weight is 383 g/mol. The van der Waals surface area contributed by atoms with E-state index in [0.717, 1.165) is 35.5 Å². The van der Waals surface area contributed by atoms with E-state index in [9.17, 15) is 4.79 Å². The van der Waals surface area contributed by atoms with Crippen LogP contribution in [0.5, 0.6) is 0 Å². The van der Waals surface area contributed by atoms with Gasteiger partial charge < -0.3 is 0 Å². The first-order valence-corrected chi connectivity index (χ1v) is 10.6. The van der Waals surface area contributed by atoms with E-state index in [1.807, 2.05) is 37.6 Å². The molecule has 2 aliphatic carbocycles. The summed E-state index contributed by atoms with van der Waals surface area (Å²) < 4.78 is 0. The lowest BCUT2D eigenvalue weighted by atomic mass is 9.95. The molecule has 0 bridgehead atoms. The van der Waals surface area contributed by atoms with Crippen molar-refractivity contribution in [2.24, 2.45) is 0 Å². The molecular formula is C25H25N3O. The number of carbonyl (C=O) groups excluding carboxylic acids is 1. The molecule has 4 nitrogen and oxygen atoms in total. The minimum absolute atomic E-state index is 0.168. The van der Waals surface area contributed by atoms with Crippen molar-refractivity contribution in [2.45, 2.75) is 57.3 Å². The van der Waals surface area contributed by atoms with Crippen molar-refractivity contribution in [2.75, 3.05) is 0 Å². The molecule has 2 heterocycles. The maximum Gasteiger partial charge on any atom is 0.162 e. The smallest absolute Gasteiger partial charge is 0.162 e. The van der Waals surface area contributed by atoms with E-state index in [1.165, 1.54) is 29.5 Å². The molecule has 0 N–H and O–H groups in total. The Kier molecular flexibility index (Phi) is 4.30. The summed E-state index contributed by atoms with van der Waals surface area (Å²) in [6.07, 6.45) is 10.6. The third-order valence-corrected chi connectivity index (χ3v) is 6.60. The van der Waals surface area contributed by atoms with E-state index < -0.39 is 0 Å². The zero-order valence-electron chi connectivity index (χ0n) is 17.0. The van der Waals surface area contributed by atoms with Gasteiger partial charge in [0.15, 0.2) is 5.78 Å². The lowest BCUT2D eigenvalue weighted by Gasteiger charge is -2.12. The molecule has 5 rings (SSSR count). The van der Waals surface area contributed by atoms with E-state index in [1.54, 1.807) is 0 Å². The van der Waals surface area contributed by atoms with Crippen LogP contribution in [0.15, 0.2) is 48.9 Å². The quantitative estimate of drug-likeness (QED) is 0.564. The highest BCUT2D eigenvalue weighted by atomic mass is 16.1. The average Bonchev–Trinajstić information content (AvgIpc) is 3.49. The summed E-state index contributed by atoms with van der Waals surface area (Å²) in [5.41, 5.74) is 6.86. The molecule has 0 aliphatic heterocycles. The first kappa shape index (κ1) is 18.2. The number of benzene rings is 1. The number of hydrogen-bond donors (Lipinski definition) is 0. The van der Waals surface area contributed by atoms with Crippen molar-refractivity contribution >= 4 is 5.78 Å². The number of rotatable bonds is 5. The summed E-state index contributed by atoms with van der Waals surface area (Å²) in [5, 5.41) is 0. The third-order valence-electron chi connectivity index (χ3n) is 6.60. The fraction of sp³-hybridized carbons (Fsp3) is 0.360. The number of aryl methyl sites for hydroxylation is 1. The lowest BCUT2D eigenvalue weighted by molar-refractivity contribution is 0.0988. The molecule has 1 fully saturated rings. The fourth-order valence-corrected chi connectivity index (χ4v) is 4.68. The molecule has 1 saturated carbocycles. The zero-order chi connectivity index (χ0) is 20.0. The van der Waals surface area contributed by atoms with Gasteiger partial charge in [-0.15, -0.1) is 0 Å². The summed E-state index contributed by atoms with van der Waals surface area (Å²) in [6.45, 7) is 4.06. The molecule has 0 amide bonds. The van der Waals surface area contributed by atoms with Crippen LogP contribution < -0.4 is 0 Å². The number of aromatic nitrogens is 3. The molecule has 3 aromatic rings. The molecule has 1 atom stereocenters. The van der Waals surface area contributed by atoms with Crippen LogP contribution in [0.25, 0.3) is 11.3 Å². The van der Waals surface area contributed by atoms with Gasteiger partial charge in [-0.2, -0.15) is 0 Å². The first-order valence-electron chi connectivity index (χ1n) is 10.6. The van der Waals surface area contributed by atoms with Crippen LogP contribution in [0.1, 0.15) is 78.3 Å². The van der Waals surface area contributed by atoms with Crippen molar-refractivity contribution < 1.29 is 4.79 Å². The highest BCUT2D eigenvalue weighted by Crippen LogP contribution is 2.61. The van der Waals surface area contributed by atoms with Gasteiger partial charge in [0.2, 0.25) is 0 Å². The van der Waals surface area contributed by atoms with E-state index >= 15 is 0 Å². The lowest BCUT2D eigenvalue weighted by Crippen LogP contribution is -2.05. The van der Waals surface area contributed by atoms with Gasteiger partial charge in [-0.05, 0) is 66.0 Å². The number of pyridine rings is 1. The van der Waals surface area contributed by atoms with Gasteiger partial charge in [0, 0.05) is 42.1 Å². The summed E-state index contributed by atoms with van der Waals surface area (Å²) in [6, 6.07) is 10.4. The first-order chi connectivity index (χ1) is 14.1. The Morgan fingerprint density at radius 3 is 2.55 bits per heavy atom. The topological polar surface area (TPSA) is 55.7 Å². The number of carbonyl (C=O) groups is 1. The van der Waals surface area contributed by atoms with Gasteiger partial charge in [-0.3, -0.25) is 9.78 Å². The molecule has 2 aromatic heterocycles. The van der Waals surface area contributed by atoms with Crippen molar-refractivity contribution in [1.82, 2.24) is 15.0 Å². The molecule has 0 radical (unpaired) electrons. The molecule has 2 aliphatic rings. The number of Topliss-reactive ketones (excluding diaryl/α,β-unsaturated/α-hetero) is 1. The Labute approximate surface area is 171 Å². The van der Waals surface area contributed by atoms with Gasteiger partial charge in [-0.25, -0.2) is 9.97 Å². The molecule has 29 heavy (non-hydrogen) atoms. The van der Waals surface area contributed by atoms with Crippen LogP contribution >= 0.6 is 0 Å². The normalized spacial score (nSPS) is 18.6. The highest BCUT2D eigenvalue weighted by molar-refractivity contribution is 5.96. The van der Waals surface area contributed by atoms with Crippen LogP contribution in [0.2, 0.25) is 0 Å². The largest absolute Gasteiger partial charge is 0.294 e. The van der Waals surface area contributed by atoms with Crippen LogP contribution in [-0.4, -0.2) is 20.7 Å². The van der Waals surface area contributed by atoms with E-state index in [4.69, 9.17) is 9.97 Å². The van der Waals surface area contributed by atoms with Crippen LogP contribution in [-0.2, 0) is 11.8 Å². The van der Waals surface area contributed by atoms with Gasteiger partial charge in [0.25, 0.3) is 0 Å². The summed E-state index contributed by atoms with van der Waals surface area (Å²) in [7, 11) is 0. The number of fused-ring (bicyclic) bond motifs is 2. The number of hydrogen-bond acceptors (Lipinski definition) is 4. The Morgan fingerprint density at radius 2 is 1.86 bits per heavy atom. The standard InChI is InChI=1S/C25H25N3O/c1-3-16-7-10-26-22(11-16)18-14-27-24(28-15-18)20-13-25(8-9-25)21-6-5-17(12-19(20)21)23(29)4-2/h5-7,10-12,14-15,20H,3-4,8-9,13H2,1-2H3. The van der Waals surface area contributed by atoms with Gasteiger partial charge in [-0.1, -0.05) is 26.0 Å². The highest BCUT2D eigenvalue weighted by Gasteiger charge is 2.53. The number of nitrogens with zero attached hydrogens (tertiary/aromatic N) is 3. The third kappa shape index (κ3) is 3.07. The monoisotopic (exact) mass is 383 g/mol. The van der Waals surface area contributed by atoms with E-state index in [-0.39, 0.29) is 17.1 Å². The second-order valence-corrected chi connectivity index (χ2v) is 8.35. The predicted molar refractivity (Wildman–Crippen MR) is 113 cm³/mol. The predicted octanol–water partition coefficient (Wildman–Crippen LogP) is 5.26. The molecule has 1 spiro atoms. The summed E-state index contributed by atoms with van der Waals surface area (Å²) in [5.74, 6) is 1.22. The van der Waals surface area contributed by atoms with Crippen LogP contribution in [0.4, 0.5) is 0 Å². The van der Waals surface area contributed by atoms with Crippen molar-refractivity contribution in [3.8, 4) is 11.3 Å². The maximum absolute atomic E-state index is 12.2. The molecule has 4 heteroatoms. The van der Waals surface area contributed by atoms with Crippen molar-refractivity contribution in [1.29, 1.82) is 0 Å². The SMILES string of the molecule is CCC(=O)c1ccc2c(c1)C(c1ncc(-c3cc(CC)ccn3)cn1)CC21CC1. The van der Waals surface area contributed by atoms with Crippen LogP contribution in [0, 0.1) is 0 Å². The molecule has 1 aromatic carbocycles. The van der Waals surface area contributed by atoms with E-state index in [2.05, 4.69) is 30.1 Å². The molecule has 0 saturated heterocycles. The molecule has 146 valence electrons.